The summed E-state index contributed by atoms with van der Waals surface area (Å²) in [4.78, 5) is 0. The second-order valence-corrected chi connectivity index (χ2v) is 5.64. The molecule has 0 heterocycles. The second-order valence-electron chi connectivity index (χ2n) is 5.64. The van der Waals surface area contributed by atoms with E-state index in [1.807, 2.05) is 0 Å². The largest absolute Gasteiger partial charge is 1.00 e. The van der Waals surface area contributed by atoms with Crippen LogP contribution in [0.25, 0.3) is 11.1 Å². The van der Waals surface area contributed by atoms with Crippen molar-refractivity contribution in [2.45, 2.75) is 45.4 Å². The van der Waals surface area contributed by atoms with E-state index < -0.39 is 11.6 Å². The Morgan fingerprint density at radius 3 is 2.25 bits per heavy atom. The molecule has 124 valence electrons. The summed E-state index contributed by atoms with van der Waals surface area (Å²) < 4.78 is 33.7. The molecule has 0 unspecified atom stereocenters. The Bertz CT molecular complexity index is 602. The normalized spacial score (nSPS) is 10.3. The summed E-state index contributed by atoms with van der Waals surface area (Å²) in [7, 11) is 0. The van der Waals surface area contributed by atoms with Crippen molar-refractivity contribution in [1.82, 2.24) is 0 Å². The van der Waals surface area contributed by atoms with E-state index in [0.717, 1.165) is 19.3 Å². The quantitative estimate of drug-likeness (QED) is 0.391. The van der Waals surface area contributed by atoms with Crippen LogP contribution >= 0.6 is 0 Å². The minimum Gasteiger partial charge on any atom is -0.490 e. The number of rotatable bonds is 9. The molecule has 0 atom stereocenters. The Labute approximate surface area is 155 Å². The van der Waals surface area contributed by atoms with Crippen LogP contribution in [0.4, 0.5) is 8.78 Å². The average Bonchev–Trinajstić information content (AvgIpc) is 2.58. The van der Waals surface area contributed by atoms with Gasteiger partial charge < -0.3 is 4.74 Å². The molecule has 0 spiro atoms. The van der Waals surface area contributed by atoms with E-state index >= 15 is 0 Å². The fourth-order valence-electron chi connectivity index (χ4n) is 2.50. The molecule has 0 saturated carbocycles. The van der Waals surface area contributed by atoms with E-state index in [-0.39, 0.29) is 30.2 Å². The fourth-order valence-corrected chi connectivity index (χ4v) is 2.50. The number of hydrogen-bond donors (Lipinski definition) is 0. The predicted molar refractivity (Wildman–Crippen MR) is 89.5 cm³/mol. The maximum absolute atomic E-state index is 14.2. The molecular weight excluding hydrogens is 301 g/mol. The third kappa shape index (κ3) is 5.96. The molecule has 4 heteroatoms. The number of hydrogen-bond acceptors (Lipinski definition) is 1. The van der Waals surface area contributed by atoms with E-state index in [4.69, 9.17) is 4.74 Å². The van der Waals surface area contributed by atoms with Gasteiger partial charge in [-0.05, 0) is 24.1 Å². The van der Waals surface area contributed by atoms with E-state index in [0.29, 0.717) is 12.2 Å². The van der Waals surface area contributed by atoms with Crippen molar-refractivity contribution in [3.63, 3.8) is 0 Å². The van der Waals surface area contributed by atoms with E-state index in [9.17, 15) is 8.78 Å². The van der Waals surface area contributed by atoms with Crippen molar-refractivity contribution in [3.8, 4) is 16.9 Å². The van der Waals surface area contributed by atoms with Crippen molar-refractivity contribution >= 4 is 0 Å². The zero-order valence-electron chi connectivity index (χ0n) is 14.6. The van der Waals surface area contributed by atoms with Crippen molar-refractivity contribution in [2.75, 3.05) is 6.61 Å². The fraction of sp³-hybridized carbons (Fsp3) is 0.400. The minimum atomic E-state index is -0.915. The van der Waals surface area contributed by atoms with Crippen molar-refractivity contribution in [1.29, 1.82) is 0 Å². The molecule has 0 N–H and O–H groups in total. The van der Waals surface area contributed by atoms with E-state index in [1.54, 1.807) is 30.3 Å². The first kappa shape index (κ1) is 20.7. The van der Waals surface area contributed by atoms with E-state index in [2.05, 4.69) is 13.0 Å². The molecule has 0 aromatic heterocycles. The standard InChI is InChI=1S/C20H23F2O.Li/c1-2-3-4-5-6-10-15-23-18-14-13-17(19(21)20(18)22)16-11-8-7-9-12-16;/h8-9,11-14H,2-6,10,15H2,1H3;/q-1;+1. The minimum absolute atomic E-state index is 0. The topological polar surface area (TPSA) is 9.23 Å². The van der Waals surface area contributed by atoms with Gasteiger partial charge in [0.1, 0.15) is 0 Å². The molecule has 0 bridgehead atoms. The molecule has 24 heavy (non-hydrogen) atoms. The molecule has 0 radical (unpaired) electrons. The molecule has 1 nitrogen and oxygen atoms in total. The van der Waals surface area contributed by atoms with Gasteiger partial charge in [0.2, 0.25) is 5.82 Å². The molecule has 0 aliphatic heterocycles. The van der Waals surface area contributed by atoms with Crippen molar-refractivity contribution in [3.05, 3.63) is 54.1 Å². The van der Waals surface area contributed by atoms with Crippen LogP contribution in [0.1, 0.15) is 45.4 Å². The molecule has 0 aliphatic carbocycles. The number of halogens is 2. The van der Waals surface area contributed by atoms with Crippen LogP contribution in [0.5, 0.6) is 5.75 Å². The maximum atomic E-state index is 14.2. The summed E-state index contributed by atoms with van der Waals surface area (Å²) in [5, 5.41) is 0. The summed E-state index contributed by atoms with van der Waals surface area (Å²) in [6, 6.07) is 12.7. The Balaban J connectivity index is 0.00000288. The van der Waals surface area contributed by atoms with Gasteiger partial charge in [0.05, 0.1) is 6.61 Å². The number of unbranched alkanes of at least 4 members (excludes halogenated alkanes) is 5. The smallest absolute Gasteiger partial charge is 0.490 e. The molecule has 2 rings (SSSR count). The third-order valence-corrected chi connectivity index (χ3v) is 3.83. The Hall–Kier alpha value is -1.30. The van der Waals surface area contributed by atoms with E-state index in [1.165, 1.54) is 25.3 Å². The third-order valence-electron chi connectivity index (χ3n) is 3.83. The predicted octanol–water partition coefficient (Wildman–Crippen LogP) is 3.18. The molecule has 0 amide bonds. The molecule has 2 aromatic rings. The molecule has 0 aliphatic rings. The van der Waals surface area contributed by atoms with Crippen LogP contribution in [0.2, 0.25) is 0 Å². The maximum Gasteiger partial charge on any atom is 1.00 e. The van der Waals surface area contributed by atoms with Crippen LogP contribution in [0, 0.1) is 17.7 Å². The van der Waals surface area contributed by atoms with Gasteiger partial charge in [0, 0.05) is 0 Å². The van der Waals surface area contributed by atoms with Crippen LogP contribution in [-0.2, 0) is 0 Å². The summed E-state index contributed by atoms with van der Waals surface area (Å²) in [6.07, 6.45) is 6.77. The van der Waals surface area contributed by atoms with Gasteiger partial charge in [0.15, 0.2) is 11.6 Å². The summed E-state index contributed by atoms with van der Waals surface area (Å²) in [5.41, 5.74) is 0.867. The Morgan fingerprint density at radius 2 is 1.54 bits per heavy atom. The zero-order valence-corrected chi connectivity index (χ0v) is 14.6. The number of ether oxygens (including phenoxy) is 1. The van der Waals surface area contributed by atoms with Crippen LogP contribution < -0.4 is 23.6 Å². The Morgan fingerprint density at radius 1 is 0.875 bits per heavy atom. The van der Waals surface area contributed by atoms with Gasteiger partial charge in [-0.15, -0.1) is 5.56 Å². The SMILES string of the molecule is CCCCCCCCOc1ccc(-c2cc[c-]cc2)c(F)c1F.[Li+]. The first-order valence-electron chi connectivity index (χ1n) is 8.31. The van der Waals surface area contributed by atoms with Gasteiger partial charge >= 0.3 is 18.9 Å². The molecule has 2 aromatic carbocycles. The van der Waals surface area contributed by atoms with Crippen LogP contribution in [0.15, 0.2) is 36.4 Å². The summed E-state index contributed by atoms with van der Waals surface area (Å²) in [5.74, 6) is -1.79. The monoisotopic (exact) mass is 324 g/mol. The van der Waals surface area contributed by atoms with Gasteiger partial charge in [-0.1, -0.05) is 39.0 Å². The first-order chi connectivity index (χ1) is 11.2. The van der Waals surface area contributed by atoms with Crippen LogP contribution in [-0.4, -0.2) is 6.61 Å². The van der Waals surface area contributed by atoms with Crippen molar-refractivity contribution in [2.24, 2.45) is 0 Å². The van der Waals surface area contributed by atoms with Crippen molar-refractivity contribution < 1.29 is 32.4 Å². The average molecular weight is 324 g/mol. The Kier molecular flexibility index (Phi) is 9.75. The first-order valence-corrected chi connectivity index (χ1v) is 8.31. The van der Waals surface area contributed by atoms with Crippen LogP contribution in [0.3, 0.4) is 0 Å². The van der Waals surface area contributed by atoms with Gasteiger partial charge in [-0.2, -0.15) is 34.7 Å². The zero-order chi connectivity index (χ0) is 16.5. The van der Waals surface area contributed by atoms with Gasteiger partial charge in [0.25, 0.3) is 0 Å². The summed E-state index contributed by atoms with van der Waals surface area (Å²) >= 11 is 0. The molecular formula is C20H23F2LiO. The number of benzene rings is 2. The van der Waals surface area contributed by atoms with Gasteiger partial charge in [-0.3, -0.25) is 0 Å². The second kappa shape index (κ2) is 11.3. The van der Waals surface area contributed by atoms with Gasteiger partial charge in [-0.25, -0.2) is 4.39 Å². The molecule has 0 saturated heterocycles. The molecule has 0 fully saturated rings. The summed E-state index contributed by atoms with van der Waals surface area (Å²) in [6.45, 7) is 2.60.